The summed E-state index contributed by atoms with van der Waals surface area (Å²) >= 11 is 0. The molecule has 0 spiro atoms. The van der Waals surface area contributed by atoms with Crippen molar-refractivity contribution in [2.75, 3.05) is 71.0 Å². The van der Waals surface area contributed by atoms with Gasteiger partial charge in [-0.3, -0.25) is 4.98 Å². The molecule has 1 N–H and O–H groups in total. The van der Waals surface area contributed by atoms with Gasteiger partial charge in [0.05, 0.1) is 11.9 Å². The highest BCUT2D eigenvalue weighted by Crippen LogP contribution is 2.16. The average Bonchev–Trinajstić information content (AvgIpc) is 3.15. The van der Waals surface area contributed by atoms with Gasteiger partial charge in [-0.25, -0.2) is 4.79 Å². The van der Waals surface area contributed by atoms with E-state index in [1.807, 2.05) is 17.2 Å². The van der Waals surface area contributed by atoms with Crippen molar-refractivity contribution in [3.8, 4) is 0 Å². The number of hydrogen-bond donors (Lipinski definition) is 1. The Labute approximate surface area is 156 Å². The van der Waals surface area contributed by atoms with Crippen LogP contribution in [0.15, 0.2) is 24.5 Å². The van der Waals surface area contributed by atoms with E-state index in [1.54, 1.807) is 13.3 Å². The molecule has 0 radical (unpaired) electrons. The van der Waals surface area contributed by atoms with Crippen LogP contribution >= 0.6 is 0 Å². The Morgan fingerprint density at radius 2 is 2.15 bits per heavy atom. The number of aromatic nitrogens is 1. The van der Waals surface area contributed by atoms with Gasteiger partial charge in [0.1, 0.15) is 0 Å². The van der Waals surface area contributed by atoms with E-state index in [0.29, 0.717) is 5.92 Å². The van der Waals surface area contributed by atoms with Gasteiger partial charge >= 0.3 is 6.03 Å². The summed E-state index contributed by atoms with van der Waals surface area (Å²) in [6.45, 7) is 8.14. The van der Waals surface area contributed by atoms with Crippen LogP contribution in [0.5, 0.6) is 0 Å². The van der Waals surface area contributed by atoms with Gasteiger partial charge in [-0.2, -0.15) is 0 Å². The minimum Gasteiger partial charge on any atom is -0.385 e. The molecule has 7 nitrogen and oxygen atoms in total. The van der Waals surface area contributed by atoms with E-state index < -0.39 is 0 Å². The molecule has 3 rings (SSSR count). The zero-order chi connectivity index (χ0) is 18.2. The number of hydrogen-bond acceptors (Lipinski definition) is 5. The molecule has 2 aliphatic rings. The van der Waals surface area contributed by atoms with Crippen LogP contribution in [0.25, 0.3) is 0 Å². The Bertz CT molecular complexity index is 548. The first-order valence-corrected chi connectivity index (χ1v) is 9.65. The lowest BCUT2D eigenvalue weighted by molar-refractivity contribution is 0.177. The van der Waals surface area contributed by atoms with Crippen LogP contribution < -0.4 is 10.2 Å². The molecule has 144 valence electrons. The fourth-order valence-electron chi connectivity index (χ4n) is 3.77. The van der Waals surface area contributed by atoms with Gasteiger partial charge in [0, 0.05) is 65.7 Å². The summed E-state index contributed by atoms with van der Waals surface area (Å²) in [6, 6.07) is 4.10. The molecule has 2 fully saturated rings. The summed E-state index contributed by atoms with van der Waals surface area (Å²) in [4.78, 5) is 23.3. The largest absolute Gasteiger partial charge is 0.385 e. The van der Waals surface area contributed by atoms with Crippen LogP contribution in [0.4, 0.5) is 10.5 Å². The second-order valence-corrected chi connectivity index (χ2v) is 7.17. The highest BCUT2D eigenvalue weighted by Gasteiger charge is 2.25. The molecule has 1 aromatic heterocycles. The standard InChI is InChI=1S/C19H31N5O2/c1-26-13-3-7-22-8-5-17(16-22)14-21-19(25)24-11-9-23(10-12-24)18-4-2-6-20-15-18/h2,4,6,15,17H,3,5,7-14,16H2,1H3,(H,21,25)/t17-/m0/s1. The van der Waals surface area contributed by atoms with Gasteiger partial charge in [0.15, 0.2) is 0 Å². The van der Waals surface area contributed by atoms with Gasteiger partial charge in [-0.1, -0.05) is 0 Å². The minimum absolute atomic E-state index is 0.0775. The van der Waals surface area contributed by atoms with Crippen LogP contribution in [0.3, 0.4) is 0 Å². The van der Waals surface area contributed by atoms with Crippen molar-refractivity contribution in [2.45, 2.75) is 12.8 Å². The number of ether oxygens (including phenoxy) is 1. The van der Waals surface area contributed by atoms with E-state index in [4.69, 9.17) is 4.74 Å². The van der Waals surface area contributed by atoms with E-state index in [9.17, 15) is 4.79 Å². The molecular formula is C19H31N5O2. The first-order valence-electron chi connectivity index (χ1n) is 9.65. The molecule has 3 heterocycles. The zero-order valence-electron chi connectivity index (χ0n) is 15.8. The first-order chi connectivity index (χ1) is 12.8. The van der Waals surface area contributed by atoms with E-state index in [0.717, 1.165) is 71.1 Å². The fourth-order valence-corrected chi connectivity index (χ4v) is 3.77. The second kappa shape index (κ2) is 9.73. The topological polar surface area (TPSA) is 60.9 Å². The van der Waals surface area contributed by atoms with Crippen LogP contribution in [0.2, 0.25) is 0 Å². The molecule has 2 amide bonds. The molecule has 1 atom stereocenters. The number of likely N-dealkylation sites (tertiary alicyclic amines) is 1. The quantitative estimate of drug-likeness (QED) is 0.741. The number of carbonyl (C=O) groups excluding carboxylic acids is 1. The SMILES string of the molecule is COCCCN1CC[C@@H](CNC(=O)N2CCN(c3cccnc3)CC2)C1. The van der Waals surface area contributed by atoms with Crippen molar-refractivity contribution in [1.29, 1.82) is 0 Å². The normalized spacial score (nSPS) is 21.2. The predicted octanol–water partition coefficient (Wildman–Crippen LogP) is 1.27. The number of piperazine rings is 1. The lowest BCUT2D eigenvalue weighted by Gasteiger charge is -2.36. The number of carbonyl (C=O) groups is 1. The smallest absolute Gasteiger partial charge is 0.317 e. The second-order valence-electron chi connectivity index (χ2n) is 7.17. The van der Waals surface area contributed by atoms with Crippen LogP contribution in [-0.2, 0) is 4.74 Å². The molecule has 2 aliphatic heterocycles. The van der Waals surface area contributed by atoms with Crippen molar-refractivity contribution in [3.63, 3.8) is 0 Å². The van der Waals surface area contributed by atoms with E-state index >= 15 is 0 Å². The molecule has 2 saturated heterocycles. The number of nitrogens with one attached hydrogen (secondary N) is 1. The maximum absolute atomic E-state index is 12.4. The molecule has 0 aromatic carbocycles. The fraction of sp³-hybridized carbons (Fsp3) is 0.684. The number of rotatable bonds is 7. The van der Waals surface area contributed by atoms with Gasteiger partial charge in [0.2, 0.25) is 0 Å². The Kier molecular flexibility index (Phi) is 7.08. The number of methoxy groups -OCH3 is 1. The Balaban J connectivity index is 1.33. The summed E-state index contributed by atoms with van der Waals surface area (Å²) in [7, 11) is 1.75. The van der Waals surface area contributed by atoms with Crippen LogP contribution in [0, 0.1) is 5.92 Å². The van der Waals surface area contributed by atoms with Crippen molar-refractivity contribution in [2.24, 2.45) is 5.92 Å². The number of urea groups is 1. The van der Waals surface area contributed by atoms with Crippen molar-refractivity contribution in [1.82, 2.24) is 20.1 Å². The predicted molar refractivity (Wildman–Crippen MR) is 102 cm³/mol. The zero-order valence-corrected chi connectivity index (χ0v) is 15.8. The third kappa shape index (κ3) is 5.32. The van der Waals surface area contributed by atoms with Gasteiger partial charge in [-0.05, 0) is 37.4 Å². The van der Waals surface area contributed by atoms with Gasteiger partial charge < -0.3 is 24.8 Å². The lowest BCUT2D eigenvalue weighted by Crippen LogP contribution is -2.52. The number of nitrogens with zero attached hydrogens (tertiary/aromatic N) is 4. The summed E-state index contributed by atoms with van der Waals surface area (Å²) < 4.78 is 5.11. The molecule has 1 aromatic rings. The van der Waals surface area contributed by atoms with Crippen molar-refractivity contribution >= 4 is 11.7 Å². The Hall–Kier alpha value is -1.86. The maximum atomic E-state index is 12.4. The first kappa shape index (κ1) is 18.9. The number of pyridine rings is 1. The summed E-state index contributed by atoms with van der Waals surface area (Å²) in [5.74, 6) is 0.568. The third-order valence-corrected chi connectivity index (χ3v) is 5.31. The van der Waals surface area contributed by atoms with E-state index in [1.165, 1.54) is 6.42 Å². The molecule has 0 saturated carbocycles. The molecule has 26 heavy (non-hydrogen) atoms. The monoisotopic (exact) mass is 361 g/mol. The van der Waals surface area contributed by atoms with E-state index in [-0.39, 0.29) is 6.03 Å². The minimum atomic E-state index is 0.0775. The molecule has 0 bridgehead atoms. The molecular weight excluding hydrogens is 330 g/mol. The van der Waals surface area contributed by atoms with Gasteiger partial charge in [-0.15, -0.1) is 0 Å². The number of anilines is 1. The lowest BCUT2D eigenvalue weighted by atomic mass is 10.1. The van der Waals surface area contributed by atoms with Crippen molar-refractivity contribution < 1.29 is 9.53 Å². The summed E-state index contributed by atoms with van der Waals surface area (Å²) in [6.07, 6.45) is 5.92. The van der Waals surface area contributed by atoms with Crippen molar-refractivity contribution in [3.05, 3.63) is 24.5 Å². The third-order valence-electron chi connectivity index (χ3n) is 5.31. The average molecular weight is 361 g/mol. The van der Waals surface area contributed by atoms with Gasteiger partial charge in [0.25, 0.3) is 0 Å². The molecule has 7 heteroatoms. The summed E-state index contributed by atoms with van der Waals surface area (Å²) in [5.41, 5.74) is 1.13. The molecule has 0 unspecified atom stereocenters. The Morgan fingerprint density at radius 1 is 1.31 bits per heavy atom. The number of amides is 2. The molecule has 0 aliphatic carbocycles. The summed E-state index contributed by atoms with van der Waals surface area (Å²) in [5, 5.41) is 3.14. The highest BCUT2D eigenvalue weighted by atomic mass is 16.5. The van der Waals surface area contributed by atoms with Crippen LogP contribution in [0.1, 0.15) is 12.8 Å². The van der Waals surface area contributed by atoms with Crippen LogP contribution in [-0.4, -0.2) is 86.9 Å². The van der Waals surface area contributed by atoms with E-state index in [2.05, 4.69) is 26.2 Å². The maximum Gasteiger partial charge on any atom is 0.317 e. The Morgan fingerprint density at radius 3 is 2.88 bits per heavy atom. The highest BCUT2D eigenvalue weighted by molar-refractivity contribution is 5.74.